The number of halogens is 1. The second kappa shape index (κ2) is 6.46. The SMILES string of the molecule is O=C(c1c[nH]c2ncc(Br)cc12)N1CCOC2(CCOCC2)CC1. The Kier molecular flexibility index (Phi) is 4.32. The van der Waals surface area contributed by atoms with E-state index in [1.807, 2.05) is 11.0 Å². The van der Waals surface area contributed by atoms with Crippen LogP contribution < -0.4 is 0 Å². The van der Waals surface area contributed by atoms with Crippen LogP contribution in [0.3, 0.4) is 0 Å². The lowest BCUT2D eigenvalue weighted by atomic mass is 9.90. The molecule has 7 heteroatoms. The second-order valence-corrected chi connectivity index (χ2v) is 7.35. The number of hydrogen-bond donors (Lipinski definition) is 1. The minimum absolute atomic E-state index is 0.0360. The minimum Gasteiger partial charge on any atom is -0.381 e. The van der Waals surface area contributed by atoms with Crippen molar-refractivity contribution >= 4 is 32.9 Å². The number of nitrogens with one attached hydrogen (secondary N) is 1. The number of hydrogen-bond acceptors (Lipinski definition) is 4. The Hall–Kier alpha value is -1.44. The first kappa shape index (κ1) is 16.1. The van der Waals surface area contributed by atoms with Crippen molar-refractivity contribution in [2.24, 2.45) is 0 Å². The zero-order valence-electron chi connectivity index (χ0n) is 13.4. The number of pyridine rings is 1. The number of amides is 1. The van der Waals surface area contributed by atoms with Crippen molar-refractivity contribution in [3.8, 4) is 0 Å². The number of fused-ring (bicyclic) bond motifs is 1. The van der Waals surface area contributed by atoms with Gasteiger partial charge in [0.2, 0.25) is 0 Å². The van der Waals surface area contributed by atoms with Crippen LogP contribution in [0.15, 0.2) is 22.9 Å². The lowest BCUT2D eigenvalue weighted by Gasteiger charge is -2.35. The summed E-state index contributed by atoms with van der Waals surface area (Å²) in [5.74, 6) is 0.0360. The average molecular weight is 394 g/mol. The number of ether oxygens (including phenoxy) is 2. The van der Waals surface area contributed by atoms with Gasteiger partial charge in [0.15, 0.2) is 0 Å². The van der Waals surface area contributed by atoms with Gasteiger partial charge in [0, 0.05) is 48.6 Å². The van der Waals surface area contributed by atoms with Gasteiger partial charge in [-0.05, 0) is 41.3 Å². The largest absolute Gasteiger partial charge is 0.381 e. The summed E-state index contributed by atoms with van der Waals surface area (Å²) in [7, 11) is 0. The van der Waals surface area contributed by atoms with Crippen LogP contribution in [0.1, 0.15) is 29.6 Å². The van der Waals surface area contributed by atoms with Gasteiger partial charge in [-0.25, -0.2) is 4.98 Å². The Morgan fingerprint density at radius 2 is 2.08 bits per heavy atom. The molecule has 1 amide bonds. The second-order valence-electron chi connectivity index (χ2n) is 6.44. The first-order valence-corrected chi connectivity index (χ1v) is 9.10. The molecule has 2 aliphatic heterocycles. The van der Waals surface area contributed by atoms with Crippen molar-refractivity contribution < 1.29 is 14.3 Å². The normalized spacial score (nSPS) is 21.1. The molecule has 4 rings (SSSR count). The molecule has 0 atom stereocenters. The monoisotopic (exact) mass is 393 g/mol. The highest BCUT2D eigenvalue weighted by Gasteiger charge is 2.36. The van der Waals surface area contributed by atoms with Crippen LogP contribution in [0, 0.1) is 0 Å². The molecule has 2 aliphatic rings. The Bertz CT molecular complexity index is 755. The van der Waals surface area contributed by atoms with Crippen molar-refractivity contribution in [1.82, 2.24) is 14.9 Å². The molecule has 0 bridgehead atoms. The number of carbonyl (C=O) groups excluding carboxylic acids is 1. The van der Waals surface area contributed by atoms with E-state index in [1.165, 1.54) is 0 Å². The van der Waals surface area contributed by atoms with E-state index in [-0.39, 0.29) is 11.5 Å². The van der Waals surface area contributed by atoms with Crippen LogP contribution in [0.25, 0.3) is 11.0 Å². The fraction of sp³-hybridized carbons (Fsp3) is 0.529. The van der Waals surface area contributed by atoms with Crippen molar-refractivity contribution in [2.75, 3.05) is 32.9 Å². The predicted molar refractivity (Wildman–Crippen MR) is 93.1 cm³/mol. The van der Waals surface area contributed by atoms with E-state index in [0.717, 1.165) is 48.0 Å². The molecule has 2 aromatic rings. The maximum absolute atomic E-state index is 13.0. The number of rotatable bonds is 1. The summed E-state index contributed by atoms with van der Waals surface area (Å²) in [5.41, 5.74) is 1.29. The summed E-state index contributed by atoms with van der Waals surface area (Å²) in [6.45, 7) is 3.41. The Morgan fingerprint density at radius 1 is 1.25 bits per heavy atom. The molecule has 1 spiro atoms. The molecule has 24 heavy (non-hydrogen) atoms. The summed E-state index contributed by atoms with van der Waals surface area (Å²) in [5, 5.41) is 0.848. The molecule has 0 aliphatic carbocycles. The van der Waals surface area contributed by atoms with E-state index < -0.39 is 0 Å². The Labute approximate surface area is 148 Å². The number of nitrogens with zero attached hydrogens (tertiary/aromatic N) is 2. The molecule has 2 fully saturated rings. The predicted octanol–water partition coefficient (Wildman–Crippen LogP) is 2.74. The number of carbonyl (C=O) groups is 1. The van der Waals surface area contributed by atoms with E-state index in [9.17, 15) is 4.79 Å². The third kappa shape index (κ3) is 2.96. The maximum atomic E-state index is 13.0. The first-order chi connectivity index (χ1) is 11.7. The summed E-state index contributed by atoms with van der Waals surface area (Å²) in [6, 6.07) is 1.93. The molecular formula is C17H20BrN3O3. The van der Waals surface area contributed by atoms with Gasteiger partial charge < -0.3 is 19.4 Å². The van der Waals surface area contributed by atoms with Gasteiger partial charge in [-0.1, -0.05) is 0 Å². The molecule has 0 saturated carbocycles. The topological polar surface area (TPSA) is 67.5 Å². The van der Waals surface area contributed by atoms with Crippen LogP contribution in [0.5, 0.6) is 0 Å². The quantitative estimate of drug-likeness (QED) is 0.808. The standard InChI is InChI=1S/C17H20BrN3O3/c18-12-9-13-14(11-20-15(13)19-10-12)16(22)21-4-1-17(24-8-5-21)2-6-23-7-3-17/h9-11H,1-8H2,(H,19,20). The zero-order chi connectivity index (χ0) is 16.6. The lowest BCUT2D eigenvalue weighted by molar-refractivity contribution is -0.105. The maximum Gasteiger partial charge on any atom is 0.256 e. The van der Waals surface area contributed by atoms with Crippen molar-refractivity contribution in [3.05, 3.63) is 28.5 Å². The lowest BCUT2D eigenvalue weighted by Crippen LogP contribution is -2.40. The van der Waals surface area contributed by atoms with E-state index in [2.05, 4.69) is 25.9 Å². The van der Waals surface area contributed by atoms with E-state index >= 15 is 0 Å². The van der Waals surface area contributed by atoms with Crippen molar-refractivity contribution in [3.63, 3.8) is 0 Å². The van der Waals surface area contributed by atoms with Crippen LogP contribution in [-0.4, -0.2) is 59.3 Å². The van der Waals surface area contributed by atoms with E-state index in [4.69, 9.17) is 9.47 Å². The summed E-state index contributed by atoms with van der Waals surface area (Å²) < 4.78 is 12.5. The fourth-order valence-corrected chi connectivity index (χ4v) is 3.89. The molecule has 1 N–H and O–H groups in total. The molecular weight excluding hydrogens is 374 g/mol. The summed E-state index contributed by atoms with van der Waals surface area (Å²) >= 11 is 3.42. The smallest absolute Gasteiger partial charge is 0.256 e. The van der Waals surface area contributed by atoms with Gasteiger partial charge in [0.05, 0.1) is 17.8 Å². The van der Waals surface area contributed by atoms with Crippen LogP contribution in [0.4, 0.5) is 0 Å². The van der Waals surface area contributed by atoms with Gasteiger partial charge >= 0.3 is 0 Å². The Balaban J connectivity index is 1.54. The van der Waals surface area contributed by atoms with Gasteiger partial charge in [-0.3, -0.25) is 4.79 Å². The fourth-order valence-electron chi connectivity index (χ4n) is 3.56. The third-order valence-corrected chi connectivity index (χ3v) is 5.46. The van der Waals surface area contributed by atoms with Gasteiger partial charge in [0.25, 0.3) is 5.91 Å². The van der Waals surface area contributed by atoms with Crippen LogP contribution in [-0.2, 0) is 9.47 Å². The van der Waals surface area contributed by atoms with E-state index in [1.54, 1.807) is 12.4 Å². The summed E-state index contributed by atoms with van der Waals surface area (Å²) in [4.78, 5) is 22.3. The Morgan fingerprint density at radius 3 is 2.92 bits per heavy atom. The van der Waals surface area contributed by atoms with E-state index in [0.29, 0.717) is 25.3 Å². The van der Waals surface area contributed by atoms with Gasteiger partial charge in [0.1, 0.15) is 5.65 Å². The molecule has 0 unspecified atom stereocenters. The van der Waals surface area contributed by atoms with Gasteiger partial charge in [-0.2, -0.15) is 0 Å². The molecule has 0 radical (unpaired) electrons. The molecule has 2 saturated heterocycles. The van der Waals surface area contributed by atoms with Crippen LogP contribution in [0.2, 0.25) is 0 Å². The van der Waals surface area contributed by atoms with Crippen molar-refractivity contribution in [2.45, 2.75) is 24.9 Å². The molecule has 128 valence electrons. The minimum atomic E-state index is -0.113. The zero-order valence-corrected chi connectivity index (χ0v) is 15.0. The molecule has 6 nitrogen and oxygen atoms in total. The number of aromatic amines is 1. The highest BCUT2D eigenvalue weighted by atomic mass is 79.9. The third-order valence-electron chi connectivity index (χ3n) is 5.03. The van der Waals surface area contributed by atoms with Crippen molar-refractivity contribution in [1.29, 1.82) is 0 Å². The average Bonchev–Trinajstić information content (AvgIpc) is 2.90. The van der Waals surface area contributed by atoms with Crippen LogP contribution >= 0.6 is 15.9 Å². The number of H-pyrrole nitrogens is 1. The highest BCUT2D eigenvalue weighted by molar-refractivity contribution is 9.10. The first-order valence-electron chi connectivity index (χ1n) is 8.31. The number of aromatic nitrogens is 2. The molecule has 4 heterocycles. The van der Waals surface area contributed by atoms with Gasteiger partial charge in [-0.15, -0.1) is 0 Å². The summed E-state index contributed by atoms with van der Waals surface area (Å²) in [6.07, 6.45) is 6.18. The molecule has 0 aromatic carbocycles. The molecule has 2 aromatic heterocycles. The highest BCUT2D eigenvalue weighted by Crippen LogP contribution is 2.31.